The molecule has 0 aliphatic rings. The molecule has 0 aliphatic heterocycles. The van der Waals surface area contributed by atoms with E-state index in [1.807, 2.05) is 18.4 Å². The van der Waals surface area contributed by atoms with Gasteiger partial charge >= 0.3 is 5.97 Å². The van der Waals surface area contributed by atoms with Crippen LogP contribution in [0.3, 0.4) is 0 Å². The van der Waals surface area contributed by atoms with Gasteiger partial charge in [0.25, 0.3) is 5.91 Å². The van der Waals surface area contributed by atoms with Gasteiger partial charge in [0, 0.05) is 11.0 Å². The Hall–Kier alpha value is -2.47. The Morgan fingerprint density at radius 3 is 2.77 bits per heavy atom. The van der Waals surface area contributed by atoms with Gasteiger partial charge in [0.2, 0.25) is 0 Å². The molecule has 1 heterocycles. The van der Waals surface area contributed by atoms with Crippen LogP contribution >= 0.6 is 11.3 Å². The van der Waals surface area contributed by atoms with Crippen LogP contribution in [0.4, 0.5) is 10.1 Å². The van der Waals surface area contributed by atoms with Crippen LogP contribution in [0.15, 0.2) is 41.8 Å². The van der Waals surface area contributed by atoms with Gasteiger partial charge in [-0.15, -0.1) is 11.3 Å². The molecule has 114 valence electrons. The Balaban J connectivity index is 1.81. The molecule has 0 saturated heterocycles. The average molecular weight is 319 g/mol. The van der Waals surface area contributed by atoms with Crippen molar-refractivity contribution in [3.63, 3.8) is 0 Å². The van der Waals surface area contributed by atoms with E-state index in [9.17, 15) is 14.0 Å². The Labute approximate surface area is 131 Å². The quantitative estimate of drug-likeness (QED) is 0.679. The highest BCUT2D eigenvalue weighted by Crippen LogP contribution is 2.17. The fourth-order valence-electron chi connectivity index (χ4n) is 1.63. The number of nitrogens with one attached hydrogen (secondary N) is 1. The van der Waals surface area contributed by atoms with E-state index in [2.05, 4.69) is 5.32 Å². The summed E-state index contributed by atoms with van der Waals surface area (Å²) in [5.41, 5.74) is 1.11. The number of thiophene rings is 1. The summed E-state index contributed by atoms with van der Waals surface area (Å²) in [6.45, 7) is 1.46. The molecular weight excluding hydrogens is 305 g/mol. The van der Waals surface area contributed by atoms with Gasteiger partial charge in [0.1, 0.15) is 5.82 Å². The minimum Gasteiger partial charge on any atom is -0.452 e. The topological polar surface area (TPSA) is 55.4 Å². The highest BCUT2D eigenvalue weighted by atomic mass is 32.1. The molecule has 0 unspecified atom stereocenters. The highest BCUT2D eigenvalue weighted by Gasteiger charge is 2.08. The van der Waals surface area contributed by atoms with Crippen molar-refractivity contribution >= 4 is 35.0 Å². The van der Waals surface area contributed by atoms with E-state index in [1.54, 1.807) is 12.1 Å². The van der Waals surface area contributed by atoms with Crippen LogP contribution in [0.1, 0.15) is 10.4 Å². The summed E-state index contributed by atoms with van der Waals surface area (Å²) >= 11 is 1.50. The maximum absolute atomic E-state index is 13.3. The largest absolute Gasteiger partial charge is 0.452 e. The van der Waals surface area contributed by atoms with E-state index in [4.69, 9.17) is 4.74 Å². The number of benzene rings is 1. The van der Waals surface area contributed by atoms with Crippen molar-refractivity contribution < 1.29 is 18.7 Å². The standard InChI is InChI=1S/C16H14FNO3S/c1-11-8-9-22-14(11)6-7-16(20)21-10-15(19)18-13-5-3-2-4-12(13)17/h2-9H,10H2,1H3,(H,18,19)/b7-6+. The first-order chi connectivity index (χ1) is 10.6. The van der Waals surface area contributed by atoms with Crippen molar-refractivity contribution in [2.24, 2.45) is 0 Å². The number of hydrogen-bond acceptors (Lipinski definition) is 4. The zero-order chi connectivity index (χ0) is 15.9. The third-order valence-electron chi connectivity index (χ3n) is 2.77. The Morgan fingerprint density at radius 1 is 1.32 bits per heavy atom. The SMILES string of the molecule is Cc1ccsc1/C=C/C(=O)OCC(=O)Nc1ccccc1F. The number of ether oxygens (including phenoxy) is 1. The summed E-state index contributed by atoms with van der Waals surface area (Å²) in [6.07, 6.45) is 2.90. The fraction of sp³-hybridized carbons (Fsp3) is 0.125. The highest BCUT2D eigenvalue weighted by molar-refractivity contribution is 7.11. The molecule has 0 radical (unpaired) electrons. The number of carbonyl (C=O) groups excluding carboxylic acids is 2. The molecule has 0 aliphatic carbocycles. The predicted molar refractivity (Wildman–Crippen MR) is 84.1 cm³/mol. The lowest BCUT2D eigenvalue weighted by molar-refractivity contribution is -0.142. The number of carbonyl (C=O) groups is 2. The Kier molecular flexibility index (Phi) is 5.43. The number of rotatable bonds is 5. The lowest BCUT2D eigenvalue weighted by atomic mass is 10.3. The van der Waals surface area contributed by atoms with E-state index < -0.39 is 24.3 Å². The van der Waals surface area contributed by atoms with Crippen LogP contribution < -0.4 is 5.32 Å². The second-order valence-corrected chi connectivity index (χ2v) is 5.38. The first kappa shape index (κ1) is 15.9. The molecule has 0 bridgehead atoms. The summed E-state index contributed by atoms with van der Waals surface area (Å²) < 4.78 is 18.1. The number of aryl methyl sites for hydroxylation is 1. The van der Waals surface area contributed by atoms with Crippen LogP contribution in [-0.4, -0.2) is 18.5 Å². The van der Waals surface area contributed by atoms with Crippen molar-refractivity contribution in [3.8, 4) is 0 Å². The second kappa shape index (κ2) is 7.51. The molecule has 1 aromatic heterocycles. The minimum absolute atomic E-state index is 0.0494. The van der Waals surface area contributed by atoms with E-state index in [1.165, 1.54) is 35.6 Å². The minimum atomic E-state index is -0.628. The number of hydrogen-bond donors (Lipinski definition) is 1. The number of amides is 1. The molecule has 1 amide bonds. The van der Waals surface area contributed by atoms with E-state index in [0.717, 1.165) is 10.4 Å². The van der Waals surface area contributed by atoms with Crippen LogP contribution in [0.5, 0.6) is 0 Å². The van der Waals surface area contributed by atoms with Gasteiger partial charge in [0.05, 0.1) is 5.69 Å². The molecule has 0 saturated carbocycles. The maximum atomic E-state index is 13.3. The summed E-state index contributed by atoms with van der Waals surface area (Å²) in [6, 6.07) is 7.71. The molecule has 0 atom stereocenters. The zero-order valence-corrected chi connectivity index (χ0v) is 12.7. The molecule has 0 fully saturated rings. The second-order valence-electron chi connectivity index (χ2n) is 4.44. The molecule has 22 heavy (non-hydrogen) atoms. The van der Waals surface area contributed by atoms with Gasteiger partial charge in [-0.25, -0.2) is 9.18 Å². The maximum Gasteiger partial charge on any atom is 0.331 e. The summed E-state index contributed by atoms with van der Waals surface area (Å²) in [4.78, 5) is 24.0. The van der Waals surface area contributed by atoms with Gasteiger partial charge in [-0.2, -0.15) is 0 Å². The molecule has 0 spiro atoms. The third kappa shape index (κ3) is 4.53. The normalized spacial score (nSPS) is 10.6. The number of anilines is 1. The van der Waals surface area contributed by atoms with E-state index in [0.29, 0.717) is 0 Å². The first-order valence-electron chi connectivity index (χ1n) is 6.49. The van der Waals surface area contributed by atoms with Crippen molar-refractivity contribution in [2.75, 3.05) is 11.9 Å². The van der Waals surface area contributed by atoms with Gasteiger partial charge in [0.15, 0.2) is 6.61 Å². The predicted octanol–water partition coefficient (Wildman–Crippen LogP) is 3.39. The average Bonchev–Trinajstić information content (AvgIpc) is 2.91. The van der Waals surface area contributed by atoms with Crippen molar-refractivity contribution in [2.45, 2.75) is 6.92 Å². The Morgan fingerprint density at radius 2 is 2.09 bits per heavy atom. The summed E-state index contributed by atoms with van der Waals surface area (Å²) in [5, 5.41) is 4.25. The van der Waals surface area contributed by atoms with Gasteiger partial charge in [-0.05, 0) is 42.1 Å². The monoisotopic (exact) mass is 319 g/mol. The third-order valence-corrected chi connectivity index (χ3v) is 3.75. The van der Waals surface area contributed by atoms with Gasteiger partial charge < -0.3 is 10.1 Å². The first-order valence-corrected chi connectivity index (χ1v) is 7.37. The van der Waals surface area contributed by atoms with Crippen LogP contribution in [0.2, 0.25) is 0 Å². The van der Waals surface area contributed by atoms with Crippen LogP contribution in [0.25, 0.3) is 6.08 Å². The number of halogens is 1. The van der Waals surface area contributed by atoms with Gasteiger partial charge in [-0.3, -0.25) is 4.79 Å². The lowest BCUT2D eigenvalue weighted by Gasteiger charge is -2.06. The molecule has 6 heteroatoms. The molecular formula is C16H14FNO3S. The van der Waals surface area contributed by atoms with Crippen LogP contribution in [-0.2, 0) is 14.3 Å². The Bertz CT molecular complexity index is 709. The smallest absolute Gasteiger partial charge is 0.331 e. The van der Waals surface area contributed by atoms with E-state index in [-0.39, 0.29) is 5.69 Å². The summed E-state index contributed by atoms with van der Waals surface area (Å²) in [7, 11) is 0. The van der Waals surface area contributed by atoms with Crippen molar-refractivity contribution in [3.05, 3.63) is 58.0 Å². The van der Waals surface area contributed by atoms with Gasteiger partial charge in [-0.1, -0.05) is 12.1 Å². The van der Waals surface area contributed by atoms with Crippen molar-refractivity contribution in [1.82, 2.24) is 0 Å². The zero-order valence-electron chi connectivity index (χ0n) is 11.8. The van der Waals surface area contributed by atoms with Crippen molar-refractivity contribution in [1.29, 1.82) is 0 Å². The number of esters is 1. The molecule has 2 rings (SSSR count). The van der Waals surface area contributed by atoms with Crippen LogP contribution in [0, 0.1) is 12.7 Å². The van der Waals surface area contributed by atoms with E-state index >= 15 is 0 Å². The molecule has 1 aromatic carbocycles. The molecule has 2 aromatic rings. The molecule has 1 N–H and O–H groups in total. The molecule has 4 nitrogen and oxygen atoms in total. The number of para-hydroxylation sites is 1. The summed E-state index contributed by atoms with van der Waals surface area (Å²) in [5.74, 6) is -1.77. The fourth-order valence-corrected chi connectivity index (χ4v) is 2.45. The lowest BCUT2D eigenvalue weighted by Crippen LogP contribution is -2.20.